The molecule has 40 heavy (non-hydrogen) atoms. The van der Waals surface area contributed by atoms with Gasteiger partial charge in [0.2, 0.25) is 0 Å². The zero-order chi connectivity index (χ0) is 29.0. The Morgan fingerprint density at radius 3 is 1.95 bits per heavy atom. The van der Waals surface area contributed by atoms with Crippen molar-refractivity contribution in [2.75, 3.05) is 59.1 Å². The molecule has 7 nitrogen and oxygen atoms in total. The molecule has 1 heterocycles. The van der Waals surface area contributed by atoms with Crippen LogP contribution in [0.3, 0.4) is 0 Å². The van der Waals surface area contributed by atoms with Gasteiger partial charge in [-0.05, 0) is 55.3 Å². The summed E-state index contributed by atoms with van der Waals surface area (Å²) in [6.45, 7) is 16.3. The fourth-order valence-corrected chi connectivity index (χ4v) is 5.15. The zero-order valence-electron chi connectivity index (χ0n) is 26.0. The van der Waals surface area contributed by atoms with E-state index in [9.17, 15) is 4.79 Å². The van der Waals surface area contributed by atoms with Crippen molar-refractivity contribution in [2.24, 2.45) is 11.8 Å². The molecule has 1 aromatic carbocycles. The number of ether oxygens (including phenoxy) is 3. The van der Waals surface area contributed by atoms with Crippen LogP contribution in [0.4, 0.5) is 0 Å². The van der Waals surface area contributed by atoms with E-state index >= 15 is 0 Å². The van der Waals surface area contributed by atoms with Gasteiger partial charge in [-0.3, -0.25) is 9.69 Å². The number of esters is 1. The fourth-order valence-electron chi connectivity index (χ4n) is 5.15. The summed E-state index contributed by atoms with van der Waals surface area (Å²) in [5, 5.41) is 9.09. The van der Waals surface area contributed by atoms with E-state index in [0.29, 0.717) is 31.5 Å². The van der Waals surface area contributed by atoms with Crippen LogP contribution in [-0.2, 0) is 16.1 Å². The summed E-state index contributed by atoms with van der Waals surface area (Å²) in [6.07, 6.45) is 10.6. The van der Waals surface area contributed by atoms with Gasteiger partial charge in [0, 0.05) is 39.1 Å². The molecule has 0 bridgehead atoms. The molecule has 7 heteroatoms. The summed E-state index contributed by atoms with van der Waals surface area (Å²) in [7, 11) is 0. The summed E-state index contributed by atoms with van der Waals surface area (Å²) in [5.74, 6) is 2.46. The van der Waals surface area contributed by atoms with Crippen molar-refractivity contribution >= 4 is 5.97 Å². The third kappa shape index (κ3) is 13.7. The van der Waals surface area contributed by atoms with E-state index in [4.69, 9.17) is 19.3 Å². The van der Waals surface area contributed by atoms with Gasteiger partial charge in [0.1, 0.15) is 6.61 Å². The molecule has 1 N–H and O–H groups in total. The highest BCUT2D eigenvalue weighted by Gasteiger charge is 2.17. The van der Waals surface area contributed by atoms with Crippen LogP contribution >= 0.6 is 0 Å². The first-order valence-corrected chi connectivity index (χ1v) is 16.1. The highest BCUT2D eigenvalue weighted by atomic mass is 16.5. The predicted molar refractivity (Wildman–Crippen MR) is 163 cm³/mol. The summed E-state index contributed by atoms with van der Waals surface area (Å²) in [5.41, 5.74) is 0.926. The Morgan fingerprint density at radius 2 is 1.40 bits per heavy atom. The molecule has 1 fully saturated rings. The van der Waals surface area contributed by atoms with Gasteiger partial charge in [-0.15, -0.1) is 0 Å². The molecule has 2 atom stereocenters. The highest BCUT2D eigenvalue weighted by Crippen LogP contribution is 2.31. The van der Waals surface area contributed by atoms with Crippen molar-refractivity contribution in [3.05, 3.63) is 23.8 Å². The van der Waals surface area contributed by atoms with E-state index in [1.54, 1.807) is 0 Å². The van der Waals surface area contributed by atoms with Gasteiger partial charge >= 0.3 is 5.97 Å². The Hall–Kier alpha value is -1.83. The lowest BCUT2D eigenvalue weighted by molar-refractivity contribution is -0.145. The quantitative estimate of drug-likeness (QED) is 0.166. The van der Waals surface area contributed by atoms with Gasteiger partial charge in [-0.1, -0.05) is 72.3 Å². The molecular formula is C33H58N2O5. The number of rotatable bonds is 22. The molecule has 0 spiro atoms. The molecule has 0 aromatic heterocycles. The van der Waals surface area contributed by atoms with E-state index in [0.717, 1.165) is 75.6 Å². The average molecular weight is 563 g/mol. The Labute approximate surface area is 244 Å². The van der Waals surface area contributed by atoms with Gasteiger partial charge < -0.3 is 24.2 Å². The van der Waals surface area contributed by atoms with Crippen molar-refractivity contribution in [1.82, 2.24) is 9.80 Å². The number of benzene rings is 1. The molecule has 0 saturated carbocycles. The SMILES string of the molecule is CCCCC(CC)COc1ccc(COC(=O)CCCN2CCN(CCO)CC2)cc1OCC(CC)CCCC. The molecule has 2 unspecified atom stereocenters. The number of piperazine rings is 1. The second kappa shape index (κ2) is 21.0. The number of nitrogens with zero attached hydrogens (tertiary/aromatic N) is 2. The van der Waals surface area contributed by atoms with Crippen molar-refractivity contribution in [3.63, 3.8) is 0 Å². The Balaban J connectivity index is 1.88. The topological polar surface area (TPSA) is 71.5 Å². The molecule has 1 aromatic rings. The summed E-state index contributed by atoms with van der Waals surface area (Å²) in [4.78, 5) is 17.1. The van der Waals surface area contributed by atoms with E-state index in [-0.39, 0.29) is 19.2 Å². The van der Waals surface area contributed by atoms with E-state index < -0.39 is 0 Å². The maximum absolute atomic E-state index is 12.5. The summed E-state index contributed by atoms with van der Waals surface area (Å²) >= 11 is 0. The van der Waals surface area contributed by atoms with E-state index in [1.807, 2.05) is 18.2 Å². The highest BCUT2D eigenvalue weighted by molar-refractivity contribution is 5.69. The van der Waals surface area contributed by atoms with Gasteiger partial charge in [0.15, 0.2) is 11.5 Å². The Morgan fingerprint density at radius 1 is 0.825 bits per heavy atom. The minimum absolute atomic E-state index is 0.158. The first-order valence-electron chi connectivity index (χ1n) is 16.1. The number of unbranched alkanes of at least 4 members (excludes halogenated alkanes) is 2. The Kier molecular flexibility index (Phi) is 18.0. The number of aliphatic hydroxyl groups is 1. The smallest absolute Gasteiger partial charge is 0.306 e. The molecule has 0 radical (unpaired) electrons. The van der Waals surface area contributed by atoms with Crippen LogP contribution in [0, 0.1) is 11.8 Å². The third-order valence-corrected chi connectivity index (χ3v) is 8.18. The first-order chi connectivity index (χ1) is 19.5. The molecular weight excluding hydrogens is 504 g/mol. The number of aliphatic hydroxyl groups excluding tert-OH is 1. The molecule has 0 amide bonds. The molecule has 230 valence electrons. The maximum Gasteiger partial charge on any atom is 0.306 e. The third-order valence-electron chi connectivity index (χ3n) is 8.18. The standard InChI is InChI=1S/C33H58N2O5/c1-5-9-12-28(7-3)25-38-31-16-15-30(24-32(31)39-26-29(8-4)13-10-6-2)27-40-33(37)14-11-17-34-18-20-35(21-19-34)22-23-36/h15-16,24,28-29,36H,5-14,17-23,25-27H2,1-4H3. The minimum Gasteiger partial charge on any atom is -0.489 e. The average Bonchev–Trinajstić information content (AvgIpc) is 2.98. The lowest BCUT2D eigenvalue weighted by atomic mass is 10.0. The van der Waals surface area contributed by atoms with Gasteiger partial charge in [-0.2, -0.15) is 0 Å². The number of hydrogen-bond acceptors (Lipinski definition) is 7. The van der Waals surface area contributed by atoms with Gasteiger partial charge in [0.05, 0.1) is 19.8 Å². The number of carbonyl (C=O) groups is 1. The molecule has 1 saturated heterocycles. The number of β-amino-alcohol motifs (C(OH)–C–C–N with tert-alkyl or cyclic N) is 1. The predicted octanol–water partition coefficient (Wildman–Crippen LogP) is 6.31. The normalized spacial score (nSPS) is 16.0. The summed E-state index contributed by atoms with van der Waals surface area (Å²) < 4.78 is 18.3. The minimum atomic E-state index is -0.158. The molecule has 0 aliphatic carbocycles. The van der Waals surface area contributed by atoms with Crippen molar-refractivity contribution in [3.8, 4) is 11.5 Å². The zero-order valence-corrected chi connectivity index (χ0v) is 26.0. The second-order valence-electron chi connectivity index (χ2n) is 11.4. The lowest BCUT2D eigenvalue weighted by Gasteiger charge is -2.34. The Bertz CT molecular complexity index is 797. The molecule has 1 aliphatic rings. The van der Waals surface area contributed by atoms with Crippen LogP contribution in [0.5, 0.6) is 11.5 Å². The monoisotopic (exact) mass is 562 g/mol. The lowest BCUT2D eigenvalue weighted by Crippen LogP contribution is -2.47. The maximum atomic E-state index is 12.5. The van der Waals surface area contributed by atoms with Crippen LogP contribution in [0.25, 0.3) is 0 Å². The van der Waals surface area contributed by atoms with Gasteiger partial charge in [-0.25, -0.2) is 0 Å². The van der Waals surface area contributed by atoms with E-state index in [2.05, 4.69) is 37.5 Å². The van der Waals surface area contributed by atoms with Crippen LogP contribution in [-0.4, -0.2) is 80.0 Å². The van der Waals surface area contributed by atoms with Crippen LogP contribution in [0.15, 0.2) is 18.2 Å². The second-order valence-corrected chi connectivity index (χ2v) is 11.4. The number of hydrogen-bond donors (Lipinski definition) is 1. The van der Waals surface area contributed by atoms with Crippen molar-refractivity contribution < 1.29 is 24.1 Å². The van der Waals surface area contributed by atoms with Crippen molar-refractivity contribution in [2.45, 2.75) is 98.5 Å². The van der Waals surface area contributed by atoms with Crippen LogP contribution in [0.2, 0.25) is 0 Å². The van der Waals surface area contributed by atoms with E-state index in [1.165, 1.54) is 38.5 Å². The fraction of sp³-hybridized carbons (Fsp3) is 0.788. The largest absolute Gasteiger partial charge is 0.489 e. The summed E-state index contributed by atoms with van der Waals surface area (Å²) in [6, 6.07) is 5.96. The van der Waals surface area contributed by atoms with Crippen LogP contribution < -0.4 is 9.47 Å². The van der Waals surface area contributed by atoms with Gasteiger partial charge in [0.25, 0.3) is 0 Å². The van der Waals surface area contributed by atoms with Crippen LogP contribution in [0.1, 0.15) is 97.5 Å². The first kappa shape index (κ1) is 34.4. The number of carbonyl (C=O) groups excluding carboxylic acids is 1. The molecule has 2 rings (SSSR count). The molecule has 1 aliphatic heterocycles. The van der Waals surface area contributed by atoms with Crippen molar-refractivity contribution in [1.29, 1.82) is 0 Å².